The van der Waals surface area contributed by atoms with Gasteiger partial charge in [0.05, 0.1) is 26.4 Å². The molecule has 0 heterocycles. The number of ether oxygens (including phenoxy) is 4. The molecule has 0 aromatic heterocycles. The van der Waals surface area contributed by atoms with Gasteiger partial charge in [0.15, 0.2) is 12.2 Å². The molecule has 0 bridgehead atoms. The summed E-state index contributed by atoms with van der Waals surface area (Å²) in [6.45, 7) is 11.7. The molecule has 0 aliphatic rings. The standard InChI is InChI=1S/C66H128O17P2/c1-8-9-10-11-12-17-26-33-40-47-63(68)76-54-62(83-66(71)50-43-36-29-22-25-32-39-46-59(6)7)56-81-85(74,75)79-52-60(67)51-78-84(72,73)80-55-61(53-77-64(69)48-41-34-27-21-20-24-31-38-45-58(4)5)82-65(70)49-42-35-28-19-16-14-13-15-18-23-30-37-44-57(2)3/h57-62,67H,8-56H2,1-7H3,(H,72,73)(H,74,75)/t60-,61-,62-/m1/s1. The molecule has 17 nitrogen and oxygen atoms in total. The summed E-state index contributed by atoms with van der Waals surface area (Å²) in [7, 11) is -9.89. The van der Waals surface area contributed by atoms with Gasteiger partial charge in [-0.25, -0.2) is 9.13 Å². The van der Waals surface area contributed by atoms with Crippen molar-refractivity contribution in [3.63, 3.8) is 0 Å². The Morgan fingerprint density at radius 2 is 0.541 bits per heavy atom. The van der Waals surface area contributed by atoms with Gasteiger partial charge in [-0.15, -0.1) is 0 Å². The number of phosphoric ester groups is 2. The highest BCUT2D eigenvalue weighted by atomic mass is 31.2. The van der Waals surface area contributed by atoms with Crippen LogP contribution in [0.25, 0.3) is 0 Å². The SMILES string of the molecule is CCCCCCCCCCCC(=O)OC[C@H](COP(=O)(O)OC[C@H](O)COP(=O)(O)OC[C@@H](COC(=O)CCCCCCCCCCC(C)C)OC(=O)CCCCCCCCCCCCCCC(C)C)OC(=O)CCCCCCCCCC(C)C. The number of hydrogen-bond acceptors (Lipinski definition) is 15. The van der Waals surface area contributed by atoms with E-state index in [1.165, 1.54) is 135 Å². The van der Waals surface area contributed by atoms with Crippen LogP contribution < -0.4 is 0 Å². The summed E-state index contributed by atoms with van der Waals surface area (Å²) in [6.07, 6.45) is 39.0. The molecule has 0 spiro atoms. The molecule has 3 N–H and O–H groups in total. The molecular weight excluding hydrogens is 1130 g/mol. The molecule has 0 aromatic rings. The first-order valence-corrected chi connectivity index (χ1v) is 37.3. The van der Waals surface area contributed by atoms with Crippen molar-refractivity contribution in [2.24, 2.45) is 17.8 Å². The van der Waals surface area contributed by atoms with Crippen molar-refractivity contribution in [1.82, 2.24) is 0 Å². The van der Waals surface area contributed by atoms with E-state index in [0.29, 0.717) is 31.6 Å². The number of carbonyl (C=O) groups is 4. The van der Waals surface area contributed by atoms with Crippen LogP contribution in [0.4, 0.5) is 0 Å². The van der Waals surface area contributed by atoms with Crippen molar-refractivity contribution < 1.29 is 80.2 Å². The molecule has 0 amide bonds. The van der Waals surface area contributed by atoms with E-state index in [-0.39, 0.29) is 25.7 Å². The predicted molar refractivity (Wildman–Crippen MR) is 340 cm³/mol. The second-order valence-electron chi connectivity index (χ2n) is 25.3. The first-order chi connectivity index (χ1) is 40.7. The van der Waals surface area contributed by atoms with Gasteiger partial charge in [0.1, 0.15) is 19.3 Å². The van der Waals surface area contributed by atoms with Crippen molar-refractivity contribution in [2.45, 2.75) is 343 Å². The average Bonchev–Trinajstić information content (AvgIpc) is 3.62. The van der Waals surface area contributed by atoms with E-state index < -0.39 is 97.5 Å². The van der Waals surface area contributed by atoms with Crippen molar-refractivity contribution in [2.75, 3.05) is 39.6 Å². The van der Waals surface area contributed by atoms with Crippen LogP contribution in [0.3, 0.4) is 0 Å². The molecule has 0 aromatic carbocycles. The number of phosphoric acid groups is 2. The van der Waals surface area contributed by atoms with E-state index in [1.807, 2.05) is 0 Å². The normalized spacial score (nSPS) is 14.3. The lowest BCUT2D eigenvalue weighted by atomic mass is 10.0. The largest absolute Gasteiger partial charge is 0.472 e. The highest BCUT2D eigenvalue weighted by molar-refractivity contribution is 7.47. The second kappa shape index (κ2) is 57.2. The molecule has 0 saturated carbocycles. The minimum atomic E-state index is -4.95. The van der Waals surface area contributed by atoms with E-state index in [9.17, 15) is 43.2 Å². The fourth-order valence-corrected chi connectivity index (χ4v) is 11.4. The van der Waals surface area contributed by atoms with Crippen LogP contribution in [-0.4, -0.2) is 96.7 Å². The topological polar surface area (TPSA) is 237 Å². The second-order valence-corrected chi connectivity index (χ2v) is 28.2. The Kier molecular flexibility index (Phi) is 55.9. The quantitative estimate of drug-likeness (QED) is 0.0222. The van der Waals surface area contributed by atoms with E-state index in [4.69, 9.17) is 37.0 Å². The van der Waals surface area contributed by atoms with Gasteiger partial charge in [-0.3, -0.25) is 37.3 Å². The van der Waals surface area contributed by atoms with Crippen LogP contribution in [0.15, 0.2) is 0 Å². The van der Waals surface area contributed by atoms with Crippen LogP contribution in [0.1, 0.15) is 325 Å². The highest BCUT2D eigenvalue weighted by Gasteiger charge is 2.30. The fourth-order valence-electron chi connectivity index (χ4n) is 9.83. The summed E-state index contributed by atoms with van der Waals surface area (Å²) in [6, 6.07) is 0. The van der Waals surface area contributed by atoms with Gasteiger partial charge in [0.2, 0.25) is 0 Å². The molecule has 0 aliphatic heterocycles. The number of rotatable bonds is 64. The molecule has 0 fully saturated rings. The van der Waals surface area contributed by atoms with Gasteiger partial charge in [-0.1, -0.05) is 273 Å². The molecule has 85 heavy (non-hydrogen) atoms. The van der Waals surface area contributed by atoms with Crippen LogP contribution in [0.5, 0.6) is 0 Å². The molecule has 504 valence electrons. The van der Waals surface area contributed by atoms with E-state index >= 15 is 0 Å². The zero-order valence-corrected chi connectivity index (χ0v) is 56.9. The van der Waals surface area contributed by atoms with Gasteiger partial charge in [0.25, 0.3) is 0 Å². The fraction of sp³-hybridized carbons (Fsp3) is 0.939. The number of aliphatic hydroxyl groups is 1. The summed E-state index contributed by atoms with van der Waals surface area (Å²) in [5, 5.41) is 10.5. The number of carbonyl (C=O) groups excluding carboxylic acids is 4. The Bertz CT molecular complexity index is 1680. The van der Waals surface area contributed by atoms with Crippen LogP contribution in [0.2, 0.25) is 0 Å². The lowest BCUT2D eigenvalue weighted by molar-refractivity contribution is -0.161. The van der Waals surface area contributed by atoms with E-state index in [1.54, 1.807) is 0 Å². The molecule has 0 aliphatic carbocycles. The van der Waals surface area contributed by atoms with Gasteiger partial charge in [-0.2, -0.15) is 0 Å². The monoisotopic (exact) mass is 1250 g/mol. The van der Waals surface area contributed by atoms with Crippen LogP contribution in [0, 0.1) is 17.8 Å². The maximum absolute atomic E-state index is 13.0. The van der Waals surface area contributed by atoms with Crippen LogP contribution in [-0.2, 0) is 65.4 Å². The number of hydrogen-bond donors (Lipinski definition) is 3. The molecule has 19 heteroatoms. The average molecular weight is 1260 g/mol. The molecular formula is C66H128O17P2. The van der Waals surface area contributed by atoms with E-state index in [2.05, 4.69) is 48.5 Å². The molecule has 0 saturated heterocycles. The van der Waals surface area contributed by atoms with Gasteiger partial charge >= 0.3 is 39.5 Å². The summed E-state index contributed by atoms with van der Waals surface area (Å²) < 4.78 is 68.0. The Morgan fingerprint density at radius 1 is 0.318 bits per heavy atom. The summed E-state index contributed by atoms with van der Waals surface area (Å²) in [5.74, 6) is 0.0633. The lowest BCUT2D eigenvalue weighted by Gasteiger charge is -2.21. The number of aliphatic hydroxyl groups excluding tert-OH is 1. The van der Waals surface area contributed by atoms with Crippen molar-refractivity contribution in [3.05, 3.63) is 0 Å². The summed E-state index contributed by atoms with van der Waals surface area (Å²) >= 11 is 0. The number of unbranched alkanes of at least 4 members (excludes halogenated alkanes) is 32. The summed E-state index contributed by atoms with van der Waals surface area (Å²) in [4.78, 5) is 72.3. The first-order valence-electron chi connectivity index (χ1n) is 34.3. The van der Waals surface area contributed by atoms with Crippen LogP contribution >= 0.6 is 15.6 Å². The van der Waals surface area contributed by atoms with E-state index in [0.717, 1.165) is 102 Å². The Balaban J connectivity index is 5.23. The zero-order valence-electron chi connectivity index (χ0n) is 55.1. The van der Waals surface area contributed by atoms with Gasteiger partial charge in [-0.05, 0) is 43.4 Å². The third-order valence-corrected chi connectivity index (χ3v) is 17.0. The smallest absolute Gasteiger partial charge is 0.462 e. The maximum Gasteiger partial charge on any atom is 0.472 e. The number of esters is 4. The van der Waals surface area contributed by atoms with Crippen molar-refractivity contribution in [1.29, 1.82) is 0 Å². The minimum Gasteiger partial charge on any atom is -0.462 e. The van der Waals surface area contributed by atoms with Gasteiger partial charge in [0, 0.05) is 25.7 Å². The maximum atomic E-state index is 13.0. The molecule has 0 radical (unpaired) electrons. The molecule has 0 rings (SSSR count). The lowest BCUT2D eigenvalue weighted by Crippen LogP contribution is -2.30. The third-order valence-electron chi connectivity index (χ3n) is 15.1. The highest BCUT2D eigenvalue weighted by Crippen LogP contribution is 2.45. The minimum absolute atomic E-state index is 0.103. The summed E-state index contributed by atoms with van der Waals surface area (Å²) in [5.41, 5.74) is 0. The Morgan fingerprint density at radius 3 is 0.800 bits per heavy atom. The zero-order chi connectivity index (χ0) is 63.1. The third kappa shape index (κ3) is 60.7. The molecule has 5 atom stereocenters. The Labute approximate surface area is 517 Å². The predicted octanol–water partition coefficient (Wildman–Crippen LogP) is 18.3. The van der Waals surface area contributed by atoms with Crippen molar-refractivity contribution >= 4 is 39.5 Å². The van der Waals surface area contributed by atoms with Crippen molar-refractivity contribution in [3.8, 4) is 0 Å². The molecule has 2 unspecified atom stereocenters. The van der Waals surface area contributed by atoms with Gasteiger partial charge < -0.3 is 33.8 Å². The first kappa shape index (κ1) is 83.1. The Hall–Kier alpha value is -1.94.